The van der Waals surface area contributed by atoms with Crippen LogP contribution in [0.3, 0.4) is 0 Å². The van der Waals surface area contributed by atoms with E-state index >= 15 is 0 Å². The van der Waals surface area contributed by atoms with Crippen molar-refractivity contribution in [3.8, 4) is 11.5 Å². The van der Waals surface area contributed by atoms with E-state index in [-0.39, 0.29) is 12.1 Å². The van der Waals surface area contributed by atoms with E-state index in [1.165, 1.54) is 22.3 Å². The molecule has 5 rings (SSSR count). The first-order chi connectivity index (χ1) is 13.5. The molecule has 0 aliphatic carbocycles. The number of aliphatic hydroxyl groups is 1. The predicted octanol–water partition coefficient (Wildman–Crippen LogP) is 3.89. The van der Waals surface area contributed by atoms with Crippen LogP contribution < -0.4 is 9.47 Å². The summed E-state index contributed by atoms with van der Waals surface area (Å²) in [5, 5.41) is 10.7. The van der Waals surface area contributed by atoms with Crippen LogP contribution in [-0.2, 0) is 13.0 Å². The van der Waals surface area contributed by atoms with Gasteiger partial charge in [-0.15, -0.1) is 0 Å². The second-order valence-corrected chi connectivity index (χ2v) is 8.34. The molecule has 3 aliphatic heterocycles. The van der Waals surface area contributed by atoms with Crippen LogP contribution in [0.1, 0.15) is 35.1 Å². The van der Waals surface area contributed by atoms with Gasteiger partial charge in [-0.05, 0) is 80.9 Å². The van der Waals surface area contributed by atoms with E-state index in [2.05, 4.69) is 49.1 Å². The number of methoxy groups -OCH3 is 1. The third kappa shape index (κ3) is 3.89. The number of benzene rings is 2. The van der Waals surface area contributed by atoms with E-state index in [1.807, 2.05) is 6.07 Å². The number of hydrogen-bond donors (Lipinski definition) is 1. The highest BCUT2D eigenvalue weighted by Crippen LogP contribution is 2.35. The Morgan fingerprint density at radius 2 is 1.82 bits per heavy atom. The SMILES string of the molecule is COc1cc(CC2C(O)C3CCN2CC3)ccc1OCc1cc(C)ccc1C. The van der Waals surface area contributed by atoms with Gasteiger partial charge in [0.2, 0.25) is 0 Å². The molecule has 0 saturated carbocycles. The molecule has 1 N–H and O–H groups in total. The molecule has 28 heavy (non-hydrogen) atoms. The summed E-state index contributed by atoms with van der Waals surface area (Å²) in [4.78, 5) is 2.45. The van der Waals surface area contributed by atoms with Gasteiger partial charge in [0.25, 0.3) is 0 Å². The smallest absolute Gasteiger partial charge is 0.161 e. The van der Waals surface area contributed by atoms with Crippen molar-refractivity contribution >= 4 is 0 Å². The number of rotatable bonds is 6. The van der Waals surface area contributed by atoms with E-state index in [0.29, 0.717) is 12.5 Å². The van der Waals surface area contributed by atoms with Crippen LogP contribution in [0.4, 0.5) is 0 Å². The Bertz CT molecular complexity index is 825. The van der Waals surface area contributed by atoms with Gasteiger partial charge in [0.05, 0.1) is 13.2 Å². The molecular formula is C24H31NO3. The molecule has 2 atom stereocenters. The summed E-state index contributed by atoms with van der Waals surface area (Å²) < 4.78 is 11.7. The van der Waals surface area contributed by atoms with Gasteiger partial charge in [-0.25, -0.2) is 0 Å². The lowest BCUT2D eigenvalue weighted by atomic mass is 9.78. The minimum absolute atomic E-state index is 0.214. The molecule has 4 nitrogen and oxygen atoms in total. The van der Waals surface area contributed by atoms with Crippen molar-refractivity contribution in [2.75, 3.05) is 20.2 Å². The fraction of sp³-hybridized carbons (Fsp3) is 0.500. The lowest BCUT2D eigenvalue weighted by Crippen LogP contribution is -2.58. The highest BCUT2D eigenvalue weighted by atomic mass is 16.5. The lowest BCUT2D eigenvalue weighted by molar-refractivity contribution is -0.0715. The highest BCUT2D eigenvalue weighted by molar-refractivity contribution is 5.43. The quantitative estimate of drug-likeness (QED) is 0.824. The van der Waals surface area contributed by atoms with Gasteiger partial charge in [-0.2, -0.15) is 0 Å². The summed E-state index contributed by atoms with van der Waals surface area (Å²) in [5.74, 6) is 1.99. The van der Waals surface area contributed by atoms with E-state index < -0.39 is 0 Å². The summed E-state index contributed by atoms with van der Waals surface area (Å²) in [6.45, 7) is 6.96. The van der Waals surface area contributed by atoms with Crippen molar-refractivity contribution < 1.29 is 14.6 Å². The van der Waals surface area contributed by atoms with Crippen molar-refractivity contribution in [2.45, 2.75) is 51.9 Å². The number of piperidine rings is 3. The molecule has 0 aromatic heterocycles. The maximum atomic E-state index is 10.7. The molecule has 3 heterocycles. The predicted molar refractivity (Wildman–Crippen MR) is 111 cm³/mol. The summed E-state index contributed by atoms with van der Waals surface area (Å²) in [5.41, 5.74) is 4.85. The maximum Gasteiger partial charge on any atom is 0.161 e. The molecule has 150 valence electrons. The second kappa shape index (κ2) is 8.14. The van der Waals surface area contributed by atoms with E-state index in [9.17, 15) is 5.11 Å². The van der Waals surface area contributed by atoms with Gasteiger partial charge < -0.3 is 14.6 Å². The number of hydrogen-bond acceptors (Lipinski definition) is 4. The topological polar surface area (TPSA) is 41.9 Å². The van der Waals surface area contributed by atoms with Crippen LogP contribution in [0, 0.1) is 19.8 Å². The first-order valence-electron chi connectivity index (χ1n) is 10.3. The summed E-state index contributed by atoms with van der Waals surface area (Å²) in [7, 11) is 1.69. The Labute approximate surface area is 168 Å². The molecule has 0 spiro atoms. The molecule has 3 fully saturated rings. The fourth-order valence-electron chi connectivity index (χ4n) is 4.68. The monoisotopic (exact) mass is 381 g/mol. The lowest BCUT2D eigenvalue weighted by Gasteiger charge is -2.49. The number of aryl methyl sites for hydroxylation is 2. The van der Waals surface area contributed by atoms with Crippen LogP contribution in [0.25, 0.3) is 0 Å². The Balaban J connectivity index is 1.46. The Morgan fingerprint density at radius 1 is 1.04 bits per heavy atom. The number of aliphatic hydroxyl groups excluding tert-OH is 1. The fourth-order valence-corrected chi connectivity index (χ4v) is 4.68. The summed E-state index contributed by atoms with van der Waals surface area (Å²) >= 11 is 0. The minimum Gasteiger partial charge on any atom is -0.493 e. The van der Waals surface area contributed by atoms with Crippen LogP contribution in [0.2, 0.25) is 0 Å². The second-order valence-electron chi connectivity index (χ2n) is 8.34. The maximum absolute atomic E-state index is 10.7. The van der Waals surface area contributed by atoms with Gasteiger partial charge >= 0.3 is 0 Å². The Kier molecular flexibility index (Phi) is 5.61. The zero-order valence-electron chi connectivity index (χ0n) is 17.1. The van der Waals surface area contributed by atoms with Gasteiger partial charge in [0, 0.05) is 6.04 Å². The Hall–Kier alpha value is -2.04. The van der Waals surface area contributed by atoms with Gasteiger partial charge in [0.15, 0.2) is 11.5 Å². The number of ether oxygens (including phenoxy) is 2. The van der Waals surface area contributed by atoms with Crippen LogP contribution >= 0.6 is 0 Å². The third-order valence-corrected chi connectivity index (χ3v) is 6.48. The summed E-state index contributed by atoms with van der Waals surface area (Å²) in [6, 6.07) is 12.8. The van der Waals surface area contributed by atoms with Crippen molar-refractivity contribution in [3.05, 3.63) is 58.7 Å². The van der Waals surface area contributed by atoms with Crippen molar-refractivity contribution in [1.29, 1.82) is 0 Å². The third-order valence-electron chi connectivity index (χ3n) is 6.48. The number of nitrogens with zero attached hydrogens (tertiary/aromatic N) is 1. The van der Waals surface area contributed by atoms with Crippen LogP contribution in [-0.4, -0.2) is 42.4 Å². The average Bonchev–Trinajstić information content (AvgIpc) is 2.72. The normalized spacial score (nSPS) is 26.3. The van der Waals surface area contributed by atoms with Crippen LogP contribution in [0.15, 0.2) is 36.4 Å². The molecule has 0 amide bonds. The zero-order chi connectivity index (χ0) is 19.7. The van der Waals surface area contributed by atoms with Crippen molar-refractivity contribution in [3.63, 3.8) is 0 Å². The molecule has 3 saturated heterocycles. The molecule has 4 heteroatoms. The minimum atomic E-state index is -0.214. The van der Waals surface area contributed by atoms with Gasteiger partial charge in [0.1, 0.15) is 6.61 Å². The van der Waals surface area contributed by atoms with Crippen molar-refractivity contribution in [2.24, 2.45) is 5.92 Å². The molecule has 2 unspecified atom stereocenters. The average molecular weight is 382 g/mol. The zero-order valence-corrected chi connectivity index (χ0v) is 17.1. The molecule has 2 aromatic rings. The van der Waals surface area contributed by atoms with E-state index in [0.717, 1.165) is 43.9 Å². The Morgan fingerprint density at radius 3 is 2.54 bits per heavy atom. The first-order valence-corrected chi connectivity index (χ1v) is 10.3. The van der Waals surface area contributed by atoms with E-state index in [4.69, 9.17) is 9.47 Å². The van der Waals surface area contributed by atoms with Gasteiger partial charge in [-0.1, -0.05) is 29.8 Å². The summed E-state index contributed by atoms with van der Waals surface area (Å²) in [6.07, 6.45) is 2.90. The van der Waals surface area contributed by atoms with Gasteiger partial charge in [-0.3, -0.25) is 4.90 Å². The van der Waals surface area contributed by atoms with Crippen molar-refractivity contribution in [1.82, 2.24) is 4.90 Å². The standard InChI is InChI=1S/C24H31NO3/c1-16-4-5-17(2)20(12-16)15-28-22-7-6-18(14-23(22)27-3)13-21-24(26)19-8-10-25(21)11-9-19/h4-7,12,14,19,21,24,26H,8-11,13,15H2,1-3H3. The molecule has 2 aromatic carbocycles. The molecule has 0 radical (unpaired) electrons. The molecule has 3 aliphatic rings. The largest absolute Gasteiger partial charge is 0.493 e. The highest BCUT2D eigenvalue weighted by Gasteiger charge is 2.40. The molecular weight excluding hydrogens is 350 g/mol. The number of fused-ring (bicyclic) bond motifs is 3. The first kappa shape index (κ1) is 19.3. The van der Waals surface area contributed by atoms with E-state index in [1.54, 1.807) is 7.11 Å². The van der Waals surface area contributed by atoms with Crippen LogP contribution in [0.5, 0.6) is 11.5 Å². The molecule has 2 bridgehead atoms.